The summed E-state index contributed by atoms with van der Waals surface area (Å²) in [6.07, 6.45) is 0. The molecule has 6 heteroatoms. The molecule has 8 bridgehead atoms. The van der Waals surface area contributed by atoms with Gasteiger partial charge in [-0.15, -0.1) is 0 Å². The van der Waals surface area contributed by atoms with E-state index in [4.69, 9.17) is 14.2 Å². The molecule has 22 heavy (non-hydrogen) atoms. The molecule has 7 aliphatic carbocycles. The molecular formula is C16H20O6. The number of carboxylic acids is 1. The van der Waals surface area contributed by atoms with Gasteiger partial charge in [0.05, 0.1) is 18.9 Å². The Hall–Kier alpha value is -1.14. The Labute approximate surface area is 128 Å². The largest absolute Gasteiger partial charge is 0.481 e. The third kappa shape index (κ3) is 1.07. The molecular weight excluding hydrogens is 288 g/mol. The molecule has 0 aromatic carbocycles. The van der Waals surface area contributed by atoms with E-state index in [1.807, 2.05) is 0 Å². The number of hydrogen-bond acceptors (Lipinski definition) is 5. The van der Waals surface area contributed by atoms with Gasteiger partial charge < -0.3 is 19.3 Å². The molecule has 1 N–H and O–H groups in total. The summed E-state index contributed by atoms with van der Waals surface area (Å²) in [4.78, 5) is 24.1. The van der Waals surface area contributed by atoms with Crippen molar-refractivity contribution in [2.24, 2.45) is 59.2 Å². The number of aliphatic carboxylic acids is 1. The second kappa shape index (κ2) is 3.67. The molecule has 7 saturated carbocycles. The molecule has 0 radical (unpaired) electrons. The minimum Gasteiger partial charge on any atom is -0.481 e. The maximum Gasteiger partial charge on any atom is 0.309 e. The first-order valence-corrected chi connectivity index (χ1v) is 7.96. The van der Waals surface area contributed by atoms with Crippen molar-refractivity contribution in [1.29, 1.82) is 0 Å². The van der Waals surface area contributed by atoms with Crippen molar-refractivity contribution in [1.82, 2.24) is 0 Å². The second-order valence-electron chi connectivity index (χ2n) is 7.56. The first kappa shape index (κ1) is 13.3. The van der Waals surface area contributed by atoms with Gasteiger partial charge in [0.15, 0.2) is 5.79 Å². The van der Waals surface area contributed by atoms with Gasteiger partial charge in [-0.1, -0.05) is 0 Å². The normalized spacial score (nSPS) is 57.2. The summed E-state index contributed by atoms with van der Waals surface area (Å²) in [5.74, 6) is -0.698. The first-order valence-electron chi connectivity index (χ1n) is 7.96. The fraction of sp³-hybridized carbons (Fsp3) is 0.875. The lowest BCUT2D eigenvalue weighted by molar-refractivity contribution is -0.255. The number of fused-ring (bicyclic) bond motifs is 1. The Kier molecular flexibility index (Phi) is 2.22. The topological polar surface area (TPSA) is 82.1 Å². The molecule has 8 atom stereocenters. The van der Waals surface area contributed by atoms with Gasteiger partial charge >= 0.3 is 11.9 Å². The highest BCUT2D eigenvalue weighted by atomic mass is 16.7. The van der Waals surface area contributed by atoms with E-state index in [0.717, 1.165) is 0 Å². The van der Waals surface area contributed by atoms with E-state index < -0.39 is 23.6 Å². The zero-order valence-corrected chi connectivity index (χ0v) is 12.8. The van der Waals surface area contributed by atoms with Gasteiger partial charge in [-0.05, 0) is 35.5 Å². The van der Waals surface area contributed by atoms with E-state index in [-0.39, 0.29) is 29.6 Å². The lowest BCUT2D eigenvalue weighted by Crippen LogP contribution is -2.50. The molecule has 6 unspecified atom stereocenters. The van der Waals surface area contributed by atoms with E-state index >= 15 is 0 Å². The third-order valence-corrected chi connectivity index (χ3v) is 7.59. The zero-order chi connectivity index (χ0) is 15.5. The van der Waals surface area contributed by atoms with Crippen LogP contribution in [0.3, 0.4) is 0 Å². The predicted molar refractivity (Wildman–Crippen MR) is 71.3 cm³/mol. The third-order valence-electron chi connectivity index (χ3n) is 7.59. The van der Waals surface area contributed by atoms with Crippen LogP contribution in [-0.4, -0.2) is 44.2 Å². The van der Waals surface area contributed by atoms with Gasteiger partial charge in [0.1, 0.15) is 0 Å². The predicted octanol–water partition coefficient (Wildman–Crippen LogP) is 0.463. The van der Waals surface area contributed by atoms with Crippen molar-refractivity contribution >= 4 is 11.9 Å². The highest BCUT2D eigenvalue weighted by Crippen LogP contribution is 2.90. The molecule has 7 fully saturated rings. The second-order valence-corrected chi connectivity index (χ2v) is 7.56. The van der Waals surface area contributed by atoms with Crippen molar-refractivity contribution in [2.45, 2.75) is 5.79 Å². The standard InChI is InChI=1S/C16H20O6/c1-20-15(19)11-5-8-6-4(10(11)14(17)18)7-9(5)13(7)16(21-2,22-3)12(6)8/h4-13H,1-3H3,(H,17,18)/t4?,5?,6?,7?,8?,9?,10-,11+,12?,13?/m0/s1. The van der Waals surface area contributed by atoms with Crippen molar-refractivity contribution < 1.29 is 28.9 Å². The lowest BCUT2D eigenvalue weighted by atomic mass is 9.58. The van der Waals surface area contributed by atoms with Crippen LogP contribution in [0.5, 0.6) is 0 Å². The van der Waals surface area contributed by atoms with Gasteiger partial charge in [-0.3, -0.25) is 9.59 Å². The van der Waals surface area contributed by atoms with E-state index in [0.29, 0.717) is 23.7 Å². The Morgan fingerprint density at radius 1 is 0.818 bits per heavy atom. The molecule has 7 rings (SSSR count). The molecule has 0 spiro atoms. The zero-order valence-electron chi connectivity index (χ0n) is 12.8. The van der Waals surface area contributed by atoms with Gasteiger partial charge in [0.25, 0.3) is 0 Å². The van der Waals surface area contributed by atoms with Crippen LogP contribution in [-0.2, 0) is 23.8 Å². The van der Waals surface area contributed by atoms with Crippen LogP contribution in [0.25, 0.3) is 0 Å². The minimum atomic E-state index is -0.846. The van der Waals surface area contributed by atoms with Crippen molar-refractivity contribution in [3.8, 4) is 0 Å². The molecule has 7 aliphatic rings. The quantitative estimate of drug-likeness (QED) is 0.600. The fourth-order valence-corrected chi connectivity index (χ4v) is 7.33. The summed E-state index contributed by atoms with van der Waals surface area (Å²) in [7, 11) is 4.73. The van der Waals surface area contributed by atoms with E-state index in [1.165, 1.54) is 7.11 Å². The summed E-state index contributed by atoms with van der Waals surface area (Å²) in [5, 5.41) is 9.72. The van der Waals surface area contributed by atoms with Gasteiger partial charge in [0.2, 0.25) is 0 Å². The van der Waals surface area contributed by atoms with Crippen LogP contribution in [0, 0.1) is 59.2 Å². The van der Waals surface area contributed by atoms with E-state index in [2.05, 4.69) is 0 Å². The first-order chi connectivity index (χ1) is 10.5. The van der Waals surface area contributed by atoms with Gasteiger partial charge in [-0.25, -0.2) is 0 Å². The number of rotatable bonds is 4. The Morgan fingerprint density at radius 3 is 1.64 bits per heavy atom. The fourth-order valence-electron chi connectivity index (χ4n) is 7.33. The molecule has 0 aliphatic heterocycles. The van der Waals surface area contributed by atoms with Gasteiger partial charge in [-0.2, -0.15) is 0 Å². The minimum absolute atomic E-state index is 0.0926. The molecule has 0 amide bonds. The molecule has 0 heterocycles. The maximum absolute atomic E-state index is 12.3. The number of methoxy groups -OCH3 is 3. The van der Waals surface area contributed by atoms with Crippen LogP contribution in [0.4, 0.5) is 0 Å². The maximum atomic E-state index is 12.3. The summed E-state index contributed by atoms with van der Waals surface area (Å²) < 4.78 is 16.5. The Morgan fingerprint density at radius 2 is 1.27 bits per heavy atom. The highest BCUT2D eigenvalue weighted by Gasteiger charge is 2.93. The number of carbonyl (C=O) groups is 2. The monoisotopic (exact) mass is 308 g/mol. The number of ether oxygens (including phenoxy) is 3. The van der Waals surface area contributed by atoms with Crippen molar-refractivity contribution in [3.63, 3.8) is 0 Å². The smallest absolute Gasteiger partial charge is 0.309 e. The molecule has 0 aromatic heterocycles. The van der Waals surface area contributed by atoms with Crippen LogP contribution in [0.1, 0.15) is 0 Å². The Balaban J connectivity index is 1.61. The summed E-state index contributed by atoms with van der Waals surface area (Å²) in [5.41, 5.74) is 0. The van der Waals surface area contributed by atoms with Crippen LogP contribution < -0.4 is 0 Å². The lowest BCUT2D eigenvalue weighted by Gasteiger charge is -2.44. The Bertz CT molecular complexity index is 557. The van der Waals surface area contributed by atoms with Crippen molar-refractivity contribution in [3.05, 3.63) is 0 Å². The summed E-state index contributed by atoms with van der Waals surface area (Å²) in [6, 6.07) is 0. The average Bonchev–Trinajstić information content (AvgIpc) is 3.42. The number of hydrogen-bond donors (Lipinski definition) is 1. The van der Waals surface area contributed by atoms with E-state index in [9.17, 15) is 14.7 Å². The van der Waals surface area contributed by atoms with Crippen LogP contribution in [0.15, 0.2) is 0 Å². The number of esters is 1. The number of carboxylic acid groups (broad SMARTS) is 1. The van der Waals surface area contributed by atoms with E-state index in [1.54, 1.807) is 14.2 Å². The molecule has 0 saturated heterocycles. The molecule has 6 nitrogen and oxygen atoms in total. The molecule has 0 aromatic rings. The SMILES string of the molecule is COC(=O)[C@@H]1C2C3C4C(C5C2C5C(OC)(OC)C34)[C@@H]1C(=O)O. The van der Waals surface area contributed by atoms with Gasteiger partial charge in [0, 0.05) is 26.1 Å². The number of carbonyl (C=O) groups excluding carboxylic acids is 1. The highest BCUT2D eigenvalue weighted by molar-refractivity contribution is 5.83. The summed E-state index contributed by atoms with van der Waals surface area (Å²) in [6.45, 7) is 0. The van der Waals surface area contributed by atoms with Crippen LogP contribution >= 0.6 is 0 Å². The van der Waals surface area contributed by atoms with Crippen molar-refractivity contribution in [2.75, 3.05) is 21.3 Å². The molecule has 120 valence electrons. The van der Waals surface area contributed by atoms with Crippen LogP contribution in [0.2, 0.25) is 0 Å². The average molecular weight is 308 g/mol. The summed E-state index contributed by atoms with van der Waals surface area (Å²) >= 11 is 0.